The fourth-order valence-corrected chi connectivity index (χ4v) is 4.95. The third kappa shape index (κ3) is 4.11. The molecule has 0 bridgehead atoms. The zero-order chi connectivity index (χ0) is 17.9. The standard InChI is InChI=1S/C19H23N5S2/c1-13-18(26-14(2)21-13)16-12-25-19(22-16)23-17-7-6-15(10-20-17)11-24-8-4-3-5-9-24/h6-7,10,12H,3-5,8-9,11H2,1-2H3,(H,20,22,23). The molecule has 0 spiro atoms. The van der Waals surface area contributed by atoms with Crippen molar-refractivity contribution in [2.45, 2.75) is 39.7 Å². The van der Waals surface area contributed by atoms with Gasteiger partial charge in [-0.15, -0.1) is 22.7 Å². The second-order valence-electron chi connectivity index (χ2n) is 6.70. The fraction of sp³-hybridized carbons (Fsp3) is 0.421. The van der Waals surface area contributed by atoms with Gasteiger partial charge in [-0.1, -0.05) is 12.5 Å². The molecule has 0 amide bonds. The molecule has 5 nitrogen and oxygen atoms in total. The number of aryl methyl sites for hydroxylation is 2. The van der Waals surface area contributed by atoms with Crippen LogP contribution < -0.4 is 5.32 Å². The molecule has 1 N–H and O–H groups in total. The predicted octanol–water partition coefficient (Wildman–Crippen LogP) is 5.01. The lowest BCUT2D eigenvalue weighted by atomic mass is 10.1. The number of piperidine rings is 1. The number of rotatable bonds is 5. The summed E-state index contributed by atoms with van der Waals surface area (Å²) < 4.78 is 0. The molecule has 0 saturated carbocycles. The van der Waals surface area contributed by atoms with E-state index in [1.54, 1.807) is 22.7 Å². The number of likely N-dealkylation sites (tertiary alicyclic amines) is 1. The van der Waals surface area contributed by atoms with Gasteiger partial charge < -0.3 is 5.32 Å². The van der Waals surface area contributed by atoms with E-state index >= 15 is 0 Å². The van der Waals surface area contributed by atoms with Crippen LogP contribution in [0.15, 0.2) is 23.7 Å². The van der Waals surface area contributed by atoms with E-state index in [9.17, 15) is 0 Å². The van der Waals surface area contributed by atoms with Crippen molar-refractivity contribution in [3.63, 3.8) is 0 Å². The highest BCUT2D eigenvalue weighted by molar-refractivity contribution is 7.16. The molecule has 4 rings (SSSR count). The molecule has 0 radical (unpaired) electrons. The summed E-state index contributed by atoms with van der Waals surface area (Å²) in [7, 11) is 0. The Hall–Kier alpha value is -1.83. The Labute approximate surface area is 162 Å². The van der Waals surface area contributed by atoms with E-state index in [-0.39, 0.29) is 0 Å². The first kappa shape index (κ1) is 17.6. The summed E-state index contributed by atoms with van der Waals surface area (Å²) in [6.45, 7) is 7.48. The van der Waals surface area contributed by atoms with Gasteiger partial charge in [-0.3, -0.25) is 4.90 Å². The van der Waals surface area contributed by atoms with Crippen molar-refractivity contribution in [3.8, 4) is 10.6 Å². The molecule has 0 aliphatic carbocycles. The molecule has 0 unspecified atom stereocenters. The molecule has 3 aromatic heterocycles. The lowest BCUT2D eigenvalue weighted by molar-refractivity contribution is 0.220. The quantitative estimate of drug-likeness (QED) is 0.669. The molecule has 4 heterocycles. The van der Waals surface area contributed by atoms with Gasteiger partial charge >= 0.3 is 0 Å². The van der Waals surface area contributed by atoms with Crippen LogP contribution in [0.4, 0.5) is 10.9 Å². The van der Waals surface area contributed by atoms with E-state index in [1.165, 1.54) is 37.9 Å². The van der Waals surface area contributed by atoms with Crippen molar-refractivity contribution < 1.29 is 0 Å². The smallest absolute Gasteiger partial charge is 0.188 e. The predicted molar refractivity (Wildman–Crippen MR) is 109 cm³/mol. The monoisotopic (exact) mass is 385 g/mol. The molecule has 1 aliphatic heterocycles. The van der Waals surface area contributed by atoms with Crippen molar-refractivity contribution in [2.75, 3.05) is 18.4 Å². The Morgan fingerprint density at radius 2 is 1.96 bits per heavy atom. The number of anilines is 2. The van der Waals surface area contributed by atoms with Crippen molar-refractivity contribution in [1.29, 1.82) is 0 Å². The number of nitrogens with one attached hydrogen (secondary N) is 1. The van der Waals surface area contributed by atoms with Crippen LogP contribution >= 0.6 is 22.7 Å². The second kappa shape index (κ2) is 7.82. The van der Waals surface area contributed by atoms with Crippen molar-refractivity contribution in [1.82, 2.24) is 19.9 Å². The third-order valence-corrected chi connectivity index (χ3v) is 6.41. The van der Waals surface area contributed by atoms with Crippen LogP contribution in [-0.2, 0) is 6.54 Å². The van der Waals surface area contributed by atoms with Crippen LogP contribution in [-0.4, -0.2) is 32.9 Å². The zero-order valence-corrected chi connectivity index (χ0v) is 16.8. The summed E-state index contributed by atoms with van der Waals surface area (Å²) in [5, 5.41) is 7.33. The molecular weight excluding hydrogens is 362 g/mol. The van der Waals surface area contributed by atoms with Gasteiger partial charge in [0.2, 0.25) is 0 Å². The summed E-state index contributed by atoms with van der Waals surface area (Å²) in [5.74, 6) is 0.838. The van der Waals surface area contributed by atoms with E-state index in [0.29, 0.717) is 0 Å². The molecule has 1 saturated heterocycles. The summed E-state index contributed by atoms with van der Waals surface area (Å²) in [5.41, 5.74) is 3.31. The fourth-order valence-electron chi connectivity index (χ4n) is 3.28. The van der Waals surface area contributed by atoms with Crippen LogP contribution in [0, 0.1) is 13.8 Å². The molecule has 0 aromatic carbocycles. The molecule has 136 valence electrons. The maximum Gasteiger partial charge on any atom is 0.188 e. The van der Waals surface area contributed by atoms with Crippen LogP contribution in [0.1, 0.15) is 35.5 Å². The highest BCUT2D eigenvalue weighted by Crippen LogP contribution is 2.32. The molecular formula is C19H23N5S2. The summed E-state index contributed by atoms with van der Waals surface area (Å²) >= 11 is 3.29. The normalized spacial score (nSPS) is 15.3. The summed E-state index contributed by atoms with van der Waals surface area (Å²) in [6.07, 6.45) is 5.98. The van der Waals surface area contributed by atoms with Gasteiger partial charge in [-0.05, 0) is 51.4 Å². The maximum absolute atomic E-state index is 4.70. The number of nitrogens with zero attached hydrogens (tertiary/aromatic N) is 4. The molecule has 0 atom stereocenters. The lowest BCUT2D eigenvalue weighted by Crippen LogP contribution is -2.29. The largest absolute Gasteiger partial charge is 0.316 e. The zero-order valence-electron chi connectivity index (χ0n) is 15.2. The van der Waals surface area contributed by atoms with Crippen LogP contribution in [0.2, 0.25) is 0 Å². The number of hydrogen-bond acceptors (Lipinski definition) is 7. The van der Waals surface area contributed by atoms with Gasteiger partial charge in [0.25, 0.3) is 0 Å². The SMILES string of the molecule is Cc1nc(C)c(-c2csc(Nc3ccc(CN4CCCCC4)cn3)n2)s1. The minimum Gasteiger partial charge on any atom is -0.316 e. The molecule has 7 heteroatoms. The summed E-state index contributed by atoms with van der Waals surface area (Å²) in [4.78, 5) is 17.4. The van der Waals surface area contributed by atoms with Gasteiger partial charge in [-0.25, -0.2) is 15.0 Å². The van der Waals surface area contributed by atoms with Crippen LogP contribution in [0.3, 0.4) is 0 Å². The number of pyridine rings is 1. The third-order valence-electron chi connectivity index (χ3n) is 4.55. The Morgan fingerprint density at radius 1 is 1.12 bits per heavy atom. The molecule has 1 fully saturated rings. The second-order valence-corrected chi connectivity index (χ2v) is 8.76. The first-order chi connectivity index (χ1) is 12.7. The van der Waals surface area contributed by atoms with Gasteiger partial charge in [-0.2, -0.15) is 0 Å². The van der Waals surface area contributed by atoms with E-state index in [1.807, 2.05) is 26.1 Å². The molecule has 1 aliphatic rings. The molecule has 26 heavy (non-hydrogen) atoms. The minimum absolute atomic E-state index is 0.838. The average Bonchev–Trinajstić information content (AvgIpc) is 3.23. The summed E-state index contributed by atoms with van der Waals surface area (Å²) in [6, 6.07) is 4.21. The average molecular weight is 386 g/mol. The van der Waals surface area contributed by atoms with Gasteiger partial charge in [0.15, 0.2) is 5.13 Å². The van der Waals surface area contributed by atoms with E-state index in [2.05, 4.69) is 31.6 Å². The van der Waals surface area contributed by atoms with E-state index in [4.69, 9.17) is 4.98 Å². The van der Waals surface area contributed by atoms with Gasteiger partial charge in [0, 0.05) is 18.1 Å². The van der Waals surface area contributed by atoms with Crippen LogP contribution in [0.5, 0.6) is 0 Å². The van der Waals surface area contributed by atoms with Gasteiger partial charge in [0.05, 0.1) is 21.3 Å². The Kier molecular flexibility index (Phi) is 5.28. The van der Waals surface area contributed by atoms with Crippen LogP contribution in [0.25, 0.3) is 10.6 Å². The van der Waals surface area contributed by atoms with Gasteiger partial charge in [0.1, 0.15) is 5.82 Å². The van der Waals surface area contributed by atoms with E-state index in [0.717, 1.165) is 38.8 Å². The minimum atomic E-state index is 0.838. The Morgan fingerprint density at radius 3 is 2.65 bits per heavy atom. The number of aromatic nitrogens is 3. The van der Waals surface area contributed by atoms with E-state index < -0.39 is 0 Å². The Balaban J connectivity index is 1.40. The first-order valence-corrected chi connectivity index (χ1v) is 10.7. The van der Waals surface area contributed by atoms with Crippen molar-refractivity contribution in [3.05, 3.63) is 40.0 Å². The topological polar surface area (TPSA) is 53.9 Å². The number of thiazole rings is 2. The highest BCUT2D eigenvalue weighted by atomic mass is 32.1. The highest BCUT2D eigenvalue weighted by Gasteiger charge is 2.13. The maximum atomic E-state index is 4.70. The van der Waals surface area contributed by atoms with Crippen molar-refractivity contribution >= 4 is 33.6 Å². The Bertz CT molecular complexity index is 862. The van der Waals surface area contributed by atoms with Crippen molar-refractivity contribution in [2.24, 2.45) is 0 Å². The lowest BCUT2D eigenvalue weighted by Gasteiger charge is -2.26. The number of hydrogen-bond donors (Lipinski definition) is 1. The first-order valence-electron chi connectivity index (χ1n) is 9.01. The molecule has 3 aromatic rings.